The summed E-state index contributed by atoms with van der Waals surface area (Å²) < 4.78 is 0. The van der Waals surface area contributed by atoms with Crippen molar-refractivity contribution in [3.63, 3.8) is 0 Å². The van der Waals surface area contributed by atoms with Gasteiger partial charge in [0.25, 0.3) is 5.91 Å². The van der Waals surface area contributed by atoms with Gasteiger partial charge in [0.1, 0.15) is 0 Å². The second kappa shape index (κ2) is 5.73. The molecule has 1 atom stereocenters. The number of halogens is 1. The predicted molar refractivity (Wildman–Crippen MR) is 60.0 cm³/mol. The zero-order valence-electron chi connectivity index (χ0n) is 8.53. The van der Waals surface area contributed by atoms with Crippen molar-refractivity contribution in [1.82, 2.24) is 5.32 Å². The number of aliphatic hydroxyl groups is 1. The number of carbonyl (C=O) groups is 1. The number of hydrogen-bond acceptors (Lipinski definition) is 2. The van der Waals surface area contributed by atoms with Crippen molar-refractivity contribution < 1.29 is 9.90 Å². The van der Waals surface area contributed by atoms with Gasteiger partial charge in [0.2, 0.25) is 0 Å². The monoisotopic (exact) mass is 227 g/mol. The lowest BCUT2D eigenvalue weighted by molar-refractivity contribution is 0.0942. The molecule has 82 valence electrons. The molecule has 3 nitrogen and oxygen atoms in total. The third-order valence-electron chi connectivity index (χ3n) is 2.03. The molecule has 0 saturated heterocycles. The van der Waals surface area contributed by atoms with Crippen molar-refractivity contribution in [1.29, 1.82) is 0 Å². The molecule has 1 unspecified atom stereocenters. The number of rotatable bonds is 4. The first-order valence-electron chi connectivity index (χ1n) is 4.78. The van der Waals surface area contributed by atoms with Crippen LogP contribution in [0.3, 0.4) is 0 Å². The van der Waals surface area contributed by atoms with Crippen LogP contribution < -0.4 is 5.32 Å². The number of amides is 1. The standard InChI is InChI=1S/C11H14ClNO2/c1-8(7-14)6-13-11(15)9-2-4-10(12)5-3-9/h2-5,8,14H,6-7H2,1H3,(H,13,15). The third kappa shape index (κ3) is 3.90. The molecule has 0 aromatic heterocycles. The number of benzene rings is 1. The van der Waals surface area contributed by atoms with Crippen LogP contribution in [-0.2, 0) is 0 Å². The molecule has 1 aromatic carbocycles. The van der Waals surface area contributed by atoms with E-state index in [1.807, 2.05) is 6.92 Å². The Morgan fingerprint density at radius 3 is 2.60 bits per heavy atom. The van der Waals surface area contributed by atoms with Gasteiger partial charge in [0.05, 0.1) is 0 Å². The molecule has 15 heavy (non-hydrogen) atoms. The van der Waals surface area contributed by atoms with E-state index < -0.39 is 0 Å². The second-order valence-electron chi connectivity index (χ2n) is 3.50. The molecule has 2 N–H and O–H groups in total. The average molecular weight is 228 g/mol. The summed E-state index contributed by atoms with van der Waals surface area (Å²) in [7, 11) is 0. The minimum atomic E-state index is -0.146. The zero-order chi connectivity index (χ0) is 11.3. The van der Waals surface area contributed by atoms with Crippen LogP contribution in [0.5, 0.6) is 0 Å². The van der Waals surface area contributed by atoms with Crippen molar-refractivity contribution >= 4 is 17.5 Å². The van der Waals surface area contributed by atoms with Crippen LogP contribution in [0.1, 0.15) is 17.3 Å². The van der Waals surface area contributed by atoms with Gasteiger partial charge in [0.15, 0.2) is 0 Å². The third-order valence-corrected chi connectivity index (χ3v) is 2.28. The predicted octanol–water partition coefficient (Wildman–Crippen LogP) is 1.70. The highest BCUT2D eigenvalue weighted by Gasteiger charge is 2.06. The first-order valence-corrected chi connectivity index (χ1v) is 5.16. The highest BCUT2D eigenvalue weighted by atomic mass is 35.5. The largest absolute Gasteiger partial charge is 0.396 e. The quantitative estimate of drug-likeness (QED) is 0.823. The Labute approximate surface area is 94.1 Å². The van der Waals surface area contributed by atoms with Gasteiger partial charge in [0, 0.05) is 23.7 Å². The molecule has 0 bridgehead atoms. The van der Waals surface area contributed by atoms with Crippen molar-refractivity contribution in [2.24, 2.45) is 5.92 Å². The average Bonchev–Trinajstić information content (AvgIpc) is 2.26. The molecule has 0 saturated carbocycles. The fourth-order valence-corrected chi connectivity index (χ4v) is 1.16. The molecule has 1 rings (SSSR count). The first kappa shape index (κ1) is 12.0. The van der Waals surface area contributed by atoms with E-state index in [0.717, 1.165) is 0 Å². The highest BCUT2D eigenvalue weighted by Crippen LogP contribution is 2.09. The zero-order valence-corrected chi connectivity index (χ0v) is 9.29. The lowest BCUT2D eigenvalue weighted by Gasteiger charge is -2.09. The van der Waals surface area contributed by atoms with E-state index >= 15 is 0 Å². The molecule has 0 radical (unpaired) electrons. The Kier molecular flexibility index (Phi) is 4.59. The van der Waals surface area contributed by atoms with E-state index in [-0.39, 0.29) is 18.4 Å². The van der Waals surface area contributed by atoms with Crippen molar-refractivity contribution in [3.8, 4) is 0 Å². The molecule has 1 aromatic rings. The van der Waals surface area contributed by atoms with E-state index in [0.29, 0.717) is 17.1 Å². The molecule has 4 heteroatoms. The maximum atomic E-state index is 11.5. The van der Waals surface area contributed by atoms with Gasteiger partial charge < -0.3 is 10.4 Å². The van der Waals surface area contributed by atoms with E-state index in [1.54, 1.807) is 24.3 Å². The fraction of sp³-hybridized carbons (Fsp3) is 0.364. The minimum Gasteiger partial charge on any atom is -0.396 e. The van der Waals surface area contributed by atoms with Gasteiger partial charge in [-0.15, -0.1) is 0 Å². The van der Waals surface area contributed by atoms with Gasteiger partial charge in [-0.05, 0) is 30.2 Å². The van der Waals surface area contributed by atoms with Crippen LogP contribution in [0, 0.1) is 5.92 Å². The lowest BCUT2D eigenvalue weighted by atomic mass is 10.2. The van der Waals surface area contributed by atoms with Gasteiger partial charge in [-0.25, -0.2) is 0 Å². The Bertz CT molecular complexity index is 324. The fourth-order valence-electron chi connectivity index (χ4n) is 1.03. The van der Waals surface area contributed by atoms with Crippen LogP contribution in [-0.4, -0.2) is 24.2 Å². The molecule has 1 amide bonds. The summed E-state index contributed by atoms with van der Waals surface area (Å²) in [5, 5.41) is 12.1. The van der Waals surface area contributed by atoms with Gasteiger partial charge in [-0.1, -0.05) is 18.5 Å². The summed E-state index contributed by atoms with van der Waals surface area (Å²) in [5.41, 5.74) is 0.574. The molecule has 0 spiro atoms. The van der Waals surface area contributed by atoms with Crippen LogP contribution in [0.15, 0.2) is 24.3 Å². The summed E-state index contributed by atoms with van der Waals surface area (Å²) in [6, 6.07) is 6.68. The maximum Gasteiger partial charge on any atom is 0.251 e. The van der Waals surface area contributed by atoms with Gasteiger partial charge in [-0.3, -0.25) is 4.79 Å². The van der Waals surface area contributed by atoms with E-state index in [2.05, 4.69) is 5.32 Å². The van der Waals surface area contributed by atoms with Crippen LogP contribution >= 0.6 is 11.6 Å². The van der Waals surface area contributed by atoms with Crippen LogP contribution in [0.2, 0.25) is 5.02 Å². The summed E-state index contributed by atoms with van der Waals surface area (Å²) >= 11 is 5.70. The molecule has 0 heterocycles. The summed E-state index contributed by atoms with van der Waals surface area (Å²) in [4.78, 5) is 11.5. The van der Waals surface area contributed by atoms with Crippen LogP contribution in [0.25, 0.3) is 0 Å². The molecule has 0 aliphatic rings. The molecule has 0 aliphatic carbocycles. The molecule has 0 aliphatic heterocycles. The Balaban J connectivity index is 2.50. The SMILES string of the molecule is CC(CO)CNC(=O)c1ccc(Cl)cc1. The molecule has 0 fully saturated rings. The van der Waals surface area contributed by atoms with Crippen LogP contribution in [0.4, 0.5) is 0 Å². The highest BCUT2D eigenvalue weighted by molar-refractivity contribution is 6.30. The van der Waals surface area contributed by atoms with Crippen molar-refractivity contribution in [3.05, 3.63) is 34.9 Å². The van der Waals surface area contributed by atoms with E-state index in [1.165, 1.54) is 0 Å². The van der Waals surface area contributed by atoms with Gasteiger partial charge in [-0.2, -0.15) is 0 Å². The Morgan fingerprint density at radius 1 is 1.47 bits per heavy atom. The summed E-state index contributed by atoms with van der Waals surface area (Å²) in [6.07, 6.45) is 0. The summed E-state index contributed by atoms with van der Waals surface area (Å²) in [6.45, 7) is 2.40. The molecular formula is C11H14ClNO2. The number of carbonyl (C=O) groups excluding carboxylic acids is 1. The minimum absolute atomic E-state index is 0.0703. The van der Waals surface area contributed by atoms with E-state index in [9.17, 15) is 4.79 Å². The maximum absolute atomic E-state index is 11.5. The Morgan fingerprint density at radius 2 is 2.07 bits per heavy atom. The topological polar surface area (TPSA) is 49.3 Å². The lowest BCUT2D eigenvalue weighted by Crippen LogP contribution is -2.29. The van der Waals surface area contributed by atoms with Crippen molar-refractivity contribution in [2.45, 2.75) is 6.92 Å². The number of nitrogens with one attached hydrogen (secondary N) is 1. The second-order valence-corrected chi connectivity index (χ2v) is 3.94. The number of aliphatic hydroxyl groups excluding tert-OH is 1. The van der Waals surface area contributed by atoms with Crippen molar-refractivity contribution in [2.75, 3.05) is 13.2 Å². The smallest absolute Gasteiger partial charge is 0.251 e. The summed E-state index contributed by atoms with van der Waals surface area (Å²) in [5.74, 6) is -0.0757. The number of hydrogen-bond donors (Lipinski definition) is 2. The Hall–Kier alpha value is -1.06. The molecular weight excluding hydrogens is 214 g/mol. The normalized spacial score (nSPS) is 12.2. The first-order chi connectivity index (χ1) is 7.13. The van der Waals surface area contributed by atoms with E-state index in [4.69, 9.17) is 16.7 Å². The van der Waals surface area contributed by atoms with Gasteiger partial charge >= 0.3 is 0 Å².